The number of hydrogen-bond acceptors (Lipinski definition) is 3. The van der Waals surface area contributed by atoms with Gasteiger partial charge in [0.05, 0.1) is 6.20 Å². The molecule has 3 aliphatic carbocycles. The molecular weight excluding hydrogens is 368 g/mol. The first-order valence-corrected chi connectivity index (χ1v) is 12.6. The van der Waals surface area contributed by atoms with Crippen LogP contribution in [0.4, 0.5) is 0 Å². The maximum atomic E-state index is 6.57. The number of aromatic amines is 1. The Morgan fingerprint density at radius 1 is 1.20 bits per heavy atom. The monoisotopic (exact) mass is 410 g/mol. The second-order valence-electron chi connectivity index (χ2n) is 11.5. The lowest BCUT2D eigenvalue weighted by Crippen LogP contribution is -2.54. The molecule has 0 aromatic carbocycles. The van der Waals surface area contributed by atoms with Crippen LogP contribution in [0.3, 0.4) is 0 Å². The molecule has 0 spiro atoms. The number of nitrogens with two attached hydrogens (primary N) is 1. The number of hydrogen-bond donors (Lipinski definition) is 2. The summed E-state index contributed by atoms with van der Waals surface area (Å²) in [6.45, 7) is 14.3. The summed E-state index contributed by atoms with van der Waals surface area (Å²) in [6, 6.07) is 0. The Morgan fingerprint density at radius 3 is 2.77 bits per heavy atom. The molecule has 1 aromatic rings. The number of H-pyrrole nitrogens is 1. The predicted molar refractivity (Wildman–Crippen MR) is 123 cm³/mol. The summed E-state index contributed by atoms with van der Waals surface area (Å²) in [7, 11) is 0. The van der Waals surface area contributed by atoms with Crippen LogP contribution in [-0.2, 0) is 12.8 Å². The maximum Gasteiger partial charge on any atom is 0.0522 e. The standard InChI is InChI=1S/C26H42N4/c1-18-7-8-22-21(15-27)23(9-10-25(18,22)2)26(3)14-19-16-28-29-24(19)13-20(26)17-30-11-5-4-6-12-30/h16,20-23H,1,4-15,17,27H2,2-3H3,(H,28,29)/t20-,21+,22+,23+,25-,26-/m1/s1. The third-order valence-electron chi connectivity index (χ3n) is 10.2. The van der Waals surface area contributed by atoms with Crippen LogP contribution >= 0.6 is 0 Å². The van der Waals surface area contributed by atoms with Crippen LogP contribution in [0.15, 0.2) is 18.3 Å². The van der Waals surface area contributed by atoms with E-state index < -0.39 is 0 Å². The van der Waals surface area contributed by atoms with Crippen molar-refractivity contribution in [2.24, 2.45) is 40.2 Å². The number of aromatic nitrogens is 2. The Kier molecular flexibility index (Phi) is 5.38. The summed E-state index contributed by atoms with van der Waals surface area (Å²) in [4.78, 5) is 2.76. The quantitative estimate of drug-likeness (QED) is 0.715. The fourth-order valence-corrected chi connectivity index (χ4v) is 8.20. The van der Waals surface area contributed by atoms with E-state index in [2.05, 4.69) is 41.7 Å². The van der Waals surface area contributed by atoms with Crippen molar-refractivity contribution in [2.75, 3.05) is 26.2 Å². The van der Waals surface area contributed by atoms with Gasteiger partial charge in [0.15, 0.2) is 0 Å². The Morgan fingerprint density at radius 2 is 2.00 bits per heavy atom. The van der Waals surface area contributed by atoms with Crippen LogP contribution in [0.5, 0.6) is 0 Å². The molecular formula is C26H42N4. The summed E-state index contributed by atoms with van der Waals surface area (Å²) in [5, 5.41) is 7.77. The van der Waals surface area contributed by atoms with Crippen molar-refractivity contribution in [3.63, 3.8) is 0 Å². The topological polar surface area (TPSA) is 57.9 Å². The van der Waals surface area contributed by atoms with Crippen molar-refractivity contribution in [2.45, 2.75) is 71.6 Å². The summed E-state index contributed by atoms with van der Waals surface area (Å²) in [5.74, 6) is 2.76. The van der Waals surface area contributed by atoms with Gasteiger partial charge in [-0.15, -0.1) is 0 Å². The second-order valence-corrected chi connectivity index (χ2v) is 11.5. The Labute approximate surface area is 183 Å². The second kappa shape index (κ2) is 7.78. The van der Waals surface area contributed by atoms with Gasteiger partial charge in [0.25, 0.3) is 0 Å². The van der Waals surface area contributed by atoms with Crippen LogP contribution in [0.25, 0.3) is 0 Å². The van der Waals surface area contributed by atoms with Gasteiger partial charge < -0.3 is 10.6 Å². The summed E-state index contributed by atoms with van der Waals surface area (Å²) in [5.41, 5.74) is 11.6. The molecule has 0 bridgehead atoms. The SMILES string of the molecule is C=C1CC[C@H]2[C@H](CN)[C@@H]([C@]3(C)Cc4cn[nH]c4C[C@@H]3CN3CCCCC3)CC[C@]12C. The van der Waals surface area contributed by atoms with Crippen LogP contribution in [0.1, 0.15) is 70.1 Å². The van der Waals surface area contributed by atoms with Crippen LogP contribution in [0.2, 0.25) is 0 Å². The molecule has 166 valence electrons. The molecule has 4 nitrogen and oxygen atoms in total. The number of fused-ring (bicyclic) bond motifs is 2. The number of nitrogens with zero attached hydrogens (tertiary/aromatic N) is 2. The van der Waals surface area contributed by atoms with Crippen LogP contribution < -0.4 is 5.73 Å². The average Bonchev–Trinajstić information content (AvgIpc) is 3.31. The maximum absolute atomic E-state index is 6.57. The highest BCUT2D eigenvalue weighted by Gasteiger charge is 2.56. The van der Waals surface area contributed by atoms with E-state index in [9.17, 15) is 0 Å². The molecule has 3 fully saturated rings. The molecule has 1 saturated heterocycles. The molecule has 1 aliphatic heterocycles. The van der Waals surface area contributed by atoms with E-state index in [-0.39, 0.29) is 0 Å². The predicted octanol–water partition coefficient (Wildman–Crippen LogP) is 4.57. The fraction of sp³-hybridized carbons (Fsp3) is 0.808. The highest BCUT2D eigenvalue weighted by molar-refractivity contribution is 5.26. The lowest BCUT2D eigenvalue weighted by Gasteiger charge is -2.56. The smallest absolute Gasteiger partial charge is 0.0522 e. The van der Waals surface area contributed by atoms with E-state index in [0.29, 0.717) is 28.6 Å². The van der Waals surface area contributed by atoms with Crippen molar-refractivity contribution in [1.82, 2.24) is 15.1 Å². The Balaban J connectivity index is 1.46. The average molecular weight is 411 g/mol. The molecule has 2 heterocycles. The van der Waals surface area contributed by atoms with Gasteiger partial charge >= 0.3 is 0 Å². The lowest BCUT2D eigenvalue weighted by molar-refractivity contribution is -0.0495. The molecule has 0 amide bonds. The highest BCUT2D eigenvalue weighted by atomic mass is 15.1. The molecule has 3 N–H and O–H groups in total. The molecule has 4 aliphatic rings. The van der Waals surface area contributed by atoms with Gasteiger partial charge in [-0.05, 0) is 111 Å². The third-order valence-corrected chi connectivity index (χ3v) is 10.2. The van der Waals surface area contributed by atoms with Crippen molar-refractivity contribution in [1.29, 1.82) is 0 Å². The van der Waals surface area contributed by atoms with Crippen LogP contribution in [0, 0.1) is 34.5 Å². The minimum atomic E-state index is 0.309. The molecule has 2 saturated carbocycles. The number of piperidine rings is 1. The van der Waals surface area contributed by atoms with Crippen molar-refractivity contribution >= 4 is 0 Å². The van der Waals surface area contributed by atoms with E-state index in [0.717, 1.165) is 18.9 Å². The normalized spacial score (nSPS) is 42.2. The van der Waals surface area contributed by atoms with E-state index in [1.165, 1.54) is 87.8 Å². The van der Waals surface area contributed by atoms with Gasteiger partial charge in [0, 0.05) is 12.2 Å². The number of rotatable bonds is 4. The molecule has 1 aromatic heterocycles. The Bertz CT molecular complexity index is 778. The van der Waals surface area contributed by atoms with E-state index in [1.54, 1.807) is 0 Å². The molecule has 5 rings (SSSR count). The number of allylic oxidation sites excluding steroid dienone is 1. The highest BCUT2D eigenvalue weighted by Crippen LogP contribution is 2.62. The largest absolute Gasteiger partial charge is 0.330 e. The zero-order valence-electron chi connectivity index (χ0n) is 19.3. The summed E-state index contributed by atoms with van der Waals surface area (Å²) >= 11 is 0. The van der Waals surface area contributed by atoms with E-state index >= 15 is 0 Å². The first kappa shape index (κ1) is 20.8. The molecule has 0 radical (unpaired) electrons. The Hall–Kier alpha value is -1.13. The summed E-state index contributed by atoms with van der Waals surface area (Å²) < 4.78 is 0. The van der Waals surface area contributed by atoms with Gasteiger partial charge in [-0.1, -0.05) is 32.4 Å². The summed E-state index contributed by atoms with van der Waals surface area (Å²) in [6.07, 6.45) is 13.7. The van der Waals surface area contributed by atoms with Gasteiger partial charge in [0.2, 0.25) is 0 Å². The number of likely N-dealkylation sites (tertiary alicyclic amines) is 1. The first-order valence-electron chi connectivity index (χ1n) is 12.6. The zero-order chi connectivity index (χ0) is 20.9. The minimum Gasteiger partial charge on any atom is -0.330 e. The van der Waals surface area contributed by atoms with Gasteiger partial charge in [-0.3, -0.25) is 5.10 Å². The molecule has 4 heteroatoms. The fourth-order valence-electron chi connectivity index (χ4n) is 8.20. The molecule has 30 heavy (non-hydrogen) atoms. The molecule has 0 unspecified atom stereocenters. The minimum absolute atomic E-state index is 0.309. The van der Waals surface area contributed by atoms with E-state index in [1.807, 2.05) is 0 Å². The number of nitrogens with one attached hydrogen (secondary N) is 1. The van der Waals surface area contributed by atoms with Crippen molar-refractivity contribution < 1.29 is 0 Å². The van der Waals surface area contributed by atoms with Crippen LogP contribution in [-0.4, -0.2) is 41.3 Å². The lowest BCUT2D eigenvalue weighted by atomic mass is 9.49. The van der Waals surface area contributed by atoms with Gasteiger partial charge in [0.1, 0.15) is 0 Å². The van der Waals surface area contributed by atoms with Gasteiger partial charge in [-0.2, -0.15) is 5.10 Å². The first-order chi connectivity index (χ1) is 14.5. The van der Waals surface area contributed by atoms with Crippen molar-refractivity contribution in [3.8, 4) is 0 Å². The van der Waals surface area contributed by atoms with E-state index in [4.69, 9.17) is 5.73 Å². The molecule has 6 atom stereocenters. The van der Waals surface area contributed by atoms with Crippen molar-refractivity contribution in [3.05, 3.63) is 29.6 Å². The zero-order valence-corrected chi connectivity index (χ0v) is 19.3. The van der Waals surface area contributed by atoms with Gasteiger partial charge in [-0.25, -0.2) is 0 Å². The third kappa shape index (κ3) is 3.21.